The molecule has 1 aliphatic carbocycles. The summed E-state index contributed by atoms with van der Waals surface area (Å²) in [7, 11) is 0. The molecule has 1 heterocycles. The predicted molar refractivity (Wildman–Crippen MR) is 95.3 cm³/mol. The summed E-state index contributed by atoms with van der Waals surface area (Å²) in [6, 6.07) is 8.48. The largest absolute Gasteiger partial charge is 0.481 e. The quantitative estimate of drug-likeness (QED) is 0.740. The molecular formula is C18H18N2O4S. The number of hydrogen-bond donors (Lipinski definition) is 3. The van der Waals surface area contributed by atoms with Crippen LogP contribution in [0.25, 0.3) is 0 Å². The number of anilines is 1. The molecule has 3 N–H and O–H groups in total. The molecule has 0 fully saturated rings. The summed E-state index contributed by atoms with van der Waals surface area (Å²) in [5, 5.41) is 13.9. The highest BCUT2D eigenvalue weighted by molar-refractivity contribution is 7.14. The number of benzene rings is 1. The minimum absolute atomic E-state index is 0.0791. The van der Waals surface area contributed by atoms with Crippen molar-refractivity contribution < 1.29 is 19.5 Å². The average molecular weight is 358 g/mol. The van der Waals surface area contributed by atoms with E-state index in [1.165, 1.54) is 16.9 Å². The number of carboxylic acid groups (broad SMARTS) is 1. The molecule has 1 aromatic carbocycles. The second-order valence-electron chi connectivity index (χ2n) is 5.84. The van der Waals surface area contributed by atoms with Crippen LogP contribution >= 0.6 is 11.3 Å². The number of thiophene rings is 1. The van der Waals surface area contributed by atoms with Crippen LogP contribution in [0.3, 0.4) is 0 Å². The molecule has 0 unspecified atom stereocenters. The maximum absolute atomic E-state index is 12.3. The second-order valence-corrected chi connectivity index (χ2v) is 6.98. The Bertz CT molecular complexity index is 789. The summed E-state index contributed by atoms with van der Waals surface area (Å²) < 4.78 is 0. The average Bonchev–Trinajstić information content (AvgIpc) is 3.16. The van der Waals surface area contributed by atoms with Crippen LogP contribution in [0.4, 0.5) is 5.69 Å². The third-order valence-electron chi connectivity index (χ3n) is 4.00. The van der Waals surface area contributed by atoms with E-state index in [-0.39, 0.29) is 24.8 Å². The lowest BCUT2D eigenvalue weighted by Crippen LogP contribution is -2.25. The lowest BCUT2D eigenvalue weighted by atomic mass is 10.2. The Balaban J connectivity index is 1.57. The Kier molecular flexibility index (Phi) is 5.14. The van der Waals surface area contributed by atoms with E-state index in [0.29, 0.717) is 16.1 Å². The monoisotopic (exact) mass is 358 g/mol. The first-order chi connectivity index (χ1) is 12.0. The van der Waals surface area contributed by atoms with E-state index in [1.807, 2.05) is 6.07 Å². The first-order valence-electron chi connectivity index (χ1n) is 8.06. The Morgan fingerprint density at radius 3 is 2.52 bits per heavy atom. The maximum Gasteiger partial charge on any atom is 0.305 e. The zero-order chi connectivity index (χ0) is 17.8. The molecule has 6 nitrogen and oxygen atoms in total. The van der Waals surface area contributed by atoms with Crippen molar-refractivity contribution in [2.45, 2.75) is 25.7 Å². The molecule has 0 spiro atoms. The van der Waals surface area contributed by atoms with E-state index in [1.54, 1.807) is 35.6 Å². The van der Waals surface area contributed by atoms with E-state index in [0.717, 1.165) is 12.8 Å². The van der Waals surface area contributed by atoms with Gasteiger partial charge >= 0.3 is 5.97 Å². The number of amides is 2. The van der Waals surface area contributed by atoms with Gasteiger partial charge in [-0.15, -0.1) is 11.3 Å². The number of rotatable bonds is 6. The highest BCUT2D eigenvalue weighted by Crippen LogP contribution is 2.31. The third-order valence-corrected chi connectivity index (χ3v) is 5.24. The van der Waals surface area contributed by atoms with Gasteiger partial charge < -0.3 is 15.7 Å². The molecule has 130 valence electrons. The number of fused-ring (bicyclic) bond motifs is 1. The van der Waals surface area contributed by atoms with Gasteiger partial charge in [0.1, 0.15) is 0 Å². The van der Waals surface area contributed by atoms with E-state index < -0.39 is 5.97 Å². The molecule has 3 rings (SSSR count). The number of hydrogen-bond acceptors (Lipinski definition) is 4. The molecule has 0 saturated heterocycles. The van der Waals surface area contributed by atoms with E-state index in [2.05, 4.69) is 10.6 Å². The van der Waals surface area contributed by atoms with Crippen molar-refractivity contribution in [3.05, 3.63) is 51.2 Å². The summed E-state index contributed by atoms with van der Waals surface area (Å²) in [5.41, 5.74) is 2.31. The molecule has 0 saturated carbocycles. The fraction of sp³-hybridized carbons (Fsp3) is 0.278. The van der Waals surface area contributed by atoms with Gasteiger partial charge in [0.25, 0.3) is 11.8 Å². The Morgan fingerprint density at radius 1 is 1.08 bits per heavy atom. The molecule has 0 atom stereocenters. The summed E-state index contributed by atoms with van der Waals surface area (Å²) in [4.78, 5) is 36.6. The van der Waals surface area contributed by atoms with Gasteiger partial charge in [-0.1, -0.05) is 0 Å². The maximum atomic E-state index is 12.3. The predicted octanol–water partition coefficient (Wildman–Crippen LogP) is 2.69. The zero-order valence-electron chi connectivity index (χ0n) is 13.5. The van der Waals surface area contributed by atoms with Crippen LogP contribution < -0.4 is 10.6 Å². The van der Waals surface area contributed by atoms with Gasteiger partial charge in [-0.3, -0.25) is 14.4 Å². The molecule has 1 aliphatic rings. The van der Waals surface area contributed by atoms with Crippen molar-refractivity contribution in [3.63, 3.8) is 0 Å². The number of carbonyl (C=O) groups excluding carboxylic acids is 2. The number of nitrogens with one attached hydrogen (secondary N) is 2. The minimum atomic E-state index is -0.960. The number of carbonyl (C=O) groups is 3. The van der Waals surface area contributed by atoms with Crippen molar-refractivity contribution >= 4 is 34.8 Å². The molecule has 7 heteroatoms. The number of aryl methyl sites for hydroxylation is 2. The van der Waals surface area contributed by atoms with E-state index in [4.69, 9.17) is 5.11 Å². The molecule has 0 aliphatic heterocycles. The summed E-state index contributed by atoms with van der Waals surface area (Å²) >= 11 is 1.54. The first kappa shape index (κ1) is 17.2. The Labute approximate surface area is 148 Å². The van der Waals surface area contributed by atoms with Crippen molar-refractivity contribution in [2.75, 3.05) is 11.9 Å². The molecular weight excluding hydrogens is 340 g/mol. The number of carboxylic acids is 1. The molecule has 1 aromatic heterocycles. The van der Waals surface area contributed by atoms with E-state index in [9.17, 15) is 14.4 Å². The van der Waals surface area contributed by atoms with Crippen LogP contribution in [0, 0.1) is 0 Å². The fourth-order valence-electron chi connectivity index (χ4n) is 2.72. The van der Waals surface area contributed by atoms with Crippen LogP contribution in [0.15, 0.2) is 30.3 Å². The number of aliphatic carboxylic acids is 1. The third kappa shape index (κ3) is 4.24. The van der Waals surface area contributed by atoms with Gasteiger partial charge in [0, 0.05) is 22.7 Å². The van der Waals surface area contributed by atoms with E-state index >= 15 is 0 Å². The van der Waals surface area contributed by atoms with Gasteiger partial charge in [-0.05, 0) is 55.2 Å². The molecule has 2 aromatic rings. The lowest BCUT2D eigenvalue weighted by Gasteiger charge is -2.06. The second kappa shape index (κ2) is 7.48. The topological polar surface area (TPSA) is 95.5 Å². The molecule has 2 amide bonds. The van der Waals surface area contributed by atoms with Crippen LogP contribution in [-0.4, -0.2) is 29.4 Å². The highest BCUT2D eigenvalue weighted by atomic mass is 32.1. The lowest BCUT2D eigenvalue weighted by molar-refractivity contribution is -0.136. The SMILES string of the molecule is O=C(O)CCNC(=O)c1ccc(NC(=O)c2cc3c(s2)CCC3)cc1. The van der Waals surface area contributed by atoms with Gasteiger partial charge in [0.15, 0.2) is 0 Å². The molecule has 0 bridgehead atoms. The minimum Gasteiger partial charge on any atom is -0.481 e. The zero-order valence-corrected chi connectivity index (χ0v) is 14.3. The van der Waals surface area contributed by atoms with Gasteiger partial charge in [-0.25, -0.2) is 0 Å². The van der Waals surface area contributed by atoms with Gasteiger partial charge in [0.2, 0.25) is 0 Å². The highest BCUT2D eigenvalue weighted by Gasteiger charge is 2.18. The summed E-state index contributed by atoms with van der Waals surface area (Å²) in [5.74, 6) is -1.44. The smallest absolute Gasteiger partial charge is 0.305 e. The van der Waals surface area contributed by atoms with Crippen molar-refractivity contribution in [3.8, 4) is 0 Å². The van der Waals surface area contributed by atoms with Crippen LogP contribution in [-0.2, 0) is 17.6 Å². The van der Waals surface area contributed by atoms with Crippen molar-refractivity contribution in [1.29, 1.82) is 0 Å². The normalized spacial score (nSPS) is 12.5. The molecule has 0 radical (unpaired) electrons. The van der Waals surface area contributed by atoms with Crippen molar-refractivity contribution in [2.24, 2.45) is 0 Å². The van der Waals surface area contributed by atoms with Gasteiger partial charge in [-0.2, -0.15) is 0 Å². The Hall–Kier alpha value is -2.67. The molecule has 25 heavy (non-hydrogen) atoms. The standard InChI is InChI=1S/C18H18N2O4S/c21-16(22)8-9-19-17(23)11-4-6-13(7-5-11)20-18(24)15-10-12-2-1-3-14(12)25-15/h4-7,10H,1-3,8-9H2,(H,19,23)(H,20,24)(H,21,22). The van der Waals surface area contributed by atoms with Crippen LogP contribution in [0.5, 0.6) is 0 Å². The summed E-state index contributed by atoms with van der Waals surface area (Å²) in [6.45, 7) is 0.0791. The fourth-order valence-corrected chi connectivity index (χ4v) is 3.87. The Morgan fingerprint density at radius 2 is 1.84 bits per heavy atom. The van der Waals surface area contributed by atoms with Gasteiger partial charge in [0.05, 0.1) is 11.3 Å². The van der Waals surface area contributed by atoms with Crippen molar-refractivity contribution in [1.82, 2.24) is 5.32 Å². The summed E-state index contributed by atoms with van der Waals surface area (Å²) in [6.07, 6.45) is 3.15. The first-order valence-corrected chi connectivity index (χ1v) is 8.87. The van der Waals surface area contributed by atoms with Crippen LogP contribution in [0.1, 0.15) is 43.3 Å². The van der Waals surface area contributed by atoms with Crippen LogP contribution in [0.2, 0.25) is 0 Å².